The molecule has 1 aliphatic carbocycles. The summed E-state index contributed by atoms with van der Waals surface area (Å²) < 4.78 is 1.20. The van der Waals surface area contributed by atoms with Crippen molar-refractivity contribution >= 4 is 15.9 Å². The van der Waals surface area contributed by atoms with Gasteiger partial charge in [0.1, 0.15) is 0 Å². The molecular weight excluding hydrogens is 262 g/mol. The number of benzene rings is 1. The van der Waals surface area contributed by atoms with E-state index in [2.05, 4.69) is 66.3 Å². The molecule has 16 heavy (non-hydrogen) atoms. The van der Waals surface area contributed by atoms with Gasteiger partial charge in [0.05, 0.1) is 0 Å². The lowest BCUT2D eigenvalue weighted by molar-refractivity contribution is 0.484. The van der Waals surface area contributed by atoms with Crippen molar-refractivity contribution in [1.82, 2.24) is 5.32 Å². The number of halogens is 1. The fourth-order valence-electron chi connectivity index (χ4n) is 2.18. The third-order valence-corrected chi connectivity index (χ3v) is 4.48. The summed E-state index contributed by atoms with van der Waals surface area (Å²) in [4.78, 5) is 0. The van der Waals surface area contributed by atoms with Crippen LogP contribution in [0.4, 0.5) is 0 Å². The van der Waals surface area contributed by atoms with E-state index in [-0.39, 0.29) is 0 Å². The van der Waals surface area contributed by atoms with Gasteiger partial charge in [-0.2, -0.15) is 0 Å². The summed E-state index contributed by atoms with van der Waals surface area (Å²) in [7, 11) is 0. The summed E-state index contributed by atoms with van der Waals surface area (Å²) in [5, 5.41) is 3.63. The highest BCUT2D eigenvalue weighted by Gasteiger charge is 2.44. The Morgan fingerprint density at radius 3 is 2.62 bits per heavy atom. The third kappa shape index (κ3) is 2.67. The molecule has 2 unspecified atom stereocenters. The molecule has 88 valence electrons. The Hall–Kier alpha value is -0.340. The summed E-state index contributed by atoms with van der Waals surface area (Å²) in [5.74, 6) is 0.859. The molecule has 2 rings (SSSR count). The lowest BCUT2D eigenvalue weighted by atomic mass is 10.1. The maximum absolute atomic E-state index is 3.63. The van der Waals surface area contributed by atoms with Crippen LogP contribution in [0.5, 0.6) is 0 Å². The fourth-order valence-corrected chi connectivity index (χ4v) is 2.81. The highest BCUT2D eigenvalue weighted by atomic mass is 79.9. The van der Waals surface area contributed by atoms with Crippen LogP contribution in [0.25, 0.3) is 0 Å². The van der Waals surface area contributed by atoms with E-state index in [0.29, 0.717) is 11.5 Å². The van der Waals surface area contributed by atoms with E-state index < -0.39 is 0 Å². The molecule has 0 spiro atoms. The minimum atomic E-state index is 0.423. The molecule has 1 saturated carbocycles. The van der Waals surface area contributed by atoms with Crippen molar-refractivity contribution in [2.24, 2.45) is 11.3 Å². The molecule has 1 aliphatic rings. The average molecular weight is 282 g/mol. The largest absolute Gasteiger partial charge is 0.310 e. The zero-order valence-electron chi connectivity index (χ0n) is 10.3. The van der Waals surface area contributed by atoms with E-state index in [1.54, 1.807) is 0 Å². The Bertz CT molecular complexity index is 373. The number of hydrogen-bond acceptors (Lipinski definition) is 1. The van der Waals surface area contributed by atoms with Crippen LogP contribution in [-0.4, -0.2) is 6.54 Å². The van der Waals surface area contributed by atoms with Gasteiger partial charge < -0.3 is 5.32 Å². The first-order chi connectivity index (χ1) is 7.50. The molecule has 0 radical (unpaired) electrons. The molecule has 1 N–H and O–H groups in total. The molecule has 1 aromatic carbocycles. The van der Waals surface area contributed by atoms with E-state index >= 15 is 0 Å². The molecule has 0 saturated heterocycles. The van der Waals surface area contributed by atoms with Crippen LogP contribution in [0.1, 0.15) is 38.8 Å². The molecule has 1 nitrogen and oxygen atoms in total. The van der Waals surface area contributed by atoms with Crippen LogP contribution in [0.2, 0.25) is 0 Å². The van der Waals surface area contributed by atoms with Gasteiger partial charge in [-0.05, 0) is 42.9 Å². The number of nitrogens with one attached hydrogen (secondary N) is 1. The van der Waals surface area contributed by atoms with E-state index in [4.69, 9.17) is 0 Å². The van der Waals surface area contributed by atoms with Crippen molar-refractivity contribution in [3.63, 3.8) is 0 Å². The average Bonchev–Trinajstić information content (AvgIpc) is 2.84. The lowest BCUT2D eigenvalue weighted by Gasteiger charge is -2.16. The van der Waals surface area contributed by atoms with Crippen LogP contribution in [0, 0.1) is 11.3 Å². The van der Waals surface area contributed by atoms with Gasteiger partial charge in [0.25, 0.3) is 0 Å². The van der Waals surface area contributed by atoms with E-state index in [0.717, 1.165) is 12.5 Å². The Morgan fingerprint density at radius 1 is 1.44 bits per heavy atom. The predicted molar refractivity (Wildman–Crippen MR) is 72.4 cm³/mol. The molecule has 0 amide bonds. The zero-order valence-corrected chi connectivity index (χ0v) is 11.8. The molecule has 0 heterocycles. The number of rotatable bonds is 4. The van der Waals surface area contributed by atoms with Crippen molar-refractivity contribution in [3.05, 3.63) is 34.3 Å². The fraction of sp³-hybridized carbons (Fsp3) is 0.571. The van der Waals surface area contributed by atoms with E-state index in [9.17, 15) is 0 Å². The Morgan fingerprint density at radius 2 is 2.06 bits per heavy atom. The highest BCUT2D eigenvalue weighted by Crippen LogP contribution is 2.51. The SMILES string of the molecule is CC(NCC1CC1(C)C)c1ccccc1Br. The van der Waals surface area contributed by atoms with Gasteiger partial charge in [0.2, 0.25) is 0 Å². The van der Waals surface area contributed by atoms with Crippen molar-refractivity contribution in [3.8, 4) is 0 Å². The highest BCUT2D eigenvalue weighted by molar-refractivity contribution is 9.10. The van der Waals surface area contributed by atoms with Crippen LogP contribution < -0.4 is 5.32 Å². The first-order valence-corrected chi connectivity index (χ1v) is 6.78. The smallest absolute Gasteiger partial charge is 0.0303 e. The Balaban J connectivity index is 1.89. The van der Waals surface area contributed by atoms with Gasteiger partial charge in [0.15, 0.2) is 0 Å². The van der Waals surface area contributed by atoms with Crippen molar-refractivity contribution in [2.45, 2.75) is 33.2 Å². The molecule has 1 fully saturated rings. The Kier molecular flexibility index (Phi) is 3.41. The first-order valence-electron chi connectivity index (χ1n) is 5.98. The summed E-state index contributed by atoms with van der Waals surface area (Å²) in [5.41, 5.74) is 1.92. The normalized spacial score (nSPS) is 24.1. The van der Waals surface area contributed by atoms with Crippen LogP contribution >= 0.6 is 15.9 Å². The quantitative estimate of drug-likeness (QED) is 0.875. The Labute approximate surface area is 107 Å². The molecule has 0 aromatic heterocycles. The van der Waals surface area contributed by atoms with E-state index in [1.165, 1.54) is 16.5 Å². The lowest BCUT2D eigenvalue weighted by Crippen LogP contribution is -2.22. The van der Waals surface area contributed by atoms with Crippen LogP contribution in [0.15, 0.2) is 28.7 Å². The maximum atomic E-state index is 3.63. The second-order valence-electron chi connectivity index (χ2n) is 5.54. The molecular formula is C14H20BrN. The molecule has 1 aromatic rings. The summed E-state index contributed by atoms with van der Waals surface area (Å²) in [6, 6.07) is 8.87. The van der Waals surface area contributed by atoms with Gasteiger partial charge in [0, 0.05) is 10.5 Å². The maximum Gasteiger partial charge on any atom is 0.0303 e. The van der Waals surface area contributed by atoms with Gasteiger partial charge >= 0.3 is 0 Å². The van der Waals surface area contributed by atoms with Gasteiger partial charge in [-0.15, -0.1) is 0 Å². The minimum absolute atomic E-state index is 0.423. The second-order valence-corrected chi connectivity index (χ2v) is 6.40. The summed E-state index contributed by atoms with van der Waals surface area (Å²) in [6.45, 7) is 8.07. The van der Waals surface area contributed by atoms with Crippen molar-refractivity contribution < 1.29 is 0 Å². The zero-order chi connectivity index (χ0) is 11.8. The summed E-state index contributed by atoms with van der Waals surface area (Å²) in [6.07, 6.45) is 1.36. The second kappa shape index (κ2) is 4.50. The van der Waals surface area contributed by atoms with Gasteiger partial charge in [-0.1, -0.05) is 48.0 Å². The van der Waals surface area contributed by atoms with Crippen LogP contribution in [0.3, 0.4) is 0 Å². The number of hydrogen-bond donors (Lipinski definition) is 1. The topological polar surface area (TPSA) is 12.0 Å². The monoisotopic (exact) mass is 281 g/mol. The third-order valence-electron chi connectivity index (χ3n) is 3.76. The van der Waals surface area contributed by atoms with Crippen LogP contribution in [-0.2, 0) is 0 Å². The molecule has 2 heteroatoms. The summed E-state index contributed by atoms with van der Waals surface area (Å²) >= 11 is 3.60. The predicted octanol–water partition coefficient (Wildman–Crippen LogP) is 4.15. The first kappa shape index (κ1) is 12.1. The standard InChI is InChI=1S/C14H20BrN/c1-10(12-6-4-5-7-13(12)15)16-9-11-8-14(11,2)3/h4-7,10-11,16H,8-9H2,1-3H3. The molecule has 0 bridgehead atoms. The van der Waals surface area contributed by atoms with Gasteiger partial charge in [-0.3, -0.25) is 0 Å². The van der Waals surface area contributed by atoms with Crippen molar-refractivity contribution in [1.29, 1.82) is 0 Å². The molecule has 2 atom stereocenters. The van der Waals surface area contributed by atoms with E-state index in [1.807, 2.05) is 0 Å². The van der Waals surface area contributed by atoms with Gasteiger partial charge in [-0.25, -0.2) is 0 Å². The van der Waals surface area contributed by atoms with Crippen molar-refractivity contribution in [2.75, 3.05) is 6.54 Å². The minimum Gasteiger partial charge on any atom is -0.310 e. The molecule has 0 aliphatic heterocycles.